The first kappa shape index (κ1) is 15.7. The molecule has 24 heavy (non-hydrogen) atoms. The summed E-state index contributed by atoms with van der Waals surface area (Å²) in [6.07, 6.45) is 6.50. The second-order valence-electron chi connectivity index (χ2n) is 5.78. The van der Waals surface area contributed by atoms with E-state index in [0.29, 0.717) is 22.7 Å². The molecule has 0 aliphatic heterocycles. The Morgan fingerprint density at radius 1 is 1.21 bits per heavy atom. The molecular weight excluding hydrogens is 346 g/mol. The van der Waals surface area contributed by atoms with Gasteiger partial charge in [0.2, 0.25) is 11.0 Å². The highest BCUT2D eigenvalue weighted by Gasteiger charge is 2.21. The molecular formula is C16H16ClN5OS. The number of tetrazole rings is 1. The zero-order chi connectivity index (χ0) is 16.4. The monoisotopic (exact) mass is 361 g/mol. The quantitative estimate of drug-likeness (QED) is 0.628. The van der Waals surface area contributed by atoms with Gasteiger partial charge in [0.15, 0.2) is 0 Å². The van der Waals surface area contributed by atoms with Gasteiger partial charge >= 0.3 is 0 Å². The van der Waals surface area contributed by atoms with E-state index < -0.39 is 0 Å². The standard InChI is InChI=1S/C16H16ClN5OS/c17-12-7-5-11(6-8-12)15-18-13(9-23-15)10-24-16-19-20-21-22(16)14-3-1-2-4-14/h5-9,14H,1-4,10H2. The highest BCUT2D eigenvalue weighted by molar-refractivity contribution is 7.98. The van der Waals surface area contributed by atoms with Gasteiger partial charge in [0.25, 0.3) is 0 Å². The summed E-state index contributed by atoms with van der Waals surface area (Å²) in [6, 6.07) is 7.87. The number of benzene rings is 1. The lowest BCUT2D eigenvalue weighted by atomic mass is 10.2. The lowest BCUT2D eigenvalue weighted by Gasteiger charge is -2.10. The van der Waals surface area contributed by atoms with Crippen LogP contribution in [0.25, 0.3) is 11.5 Å². The van der Waals surface area contributed by atoms with E-state index in [0.717, 1.165) is 29.3 Å². The Kier molecular flexibility index (Phi) is 4.53. The molecule has 0 saturated heterocycles. The van der Waals surface area contributed by atoms with Crippen molar-refractivity contribution in [3.63, 3.8) is 0 Å². The third-order valence-electron chi connectivity index (χ3n) is 4.13. The van der Waals surface area contributed by atoms with Crippen LogP contribution in [0.5, 0.6) is 0 Å². The van der Waals surface area contributed by atoms with Crippen LogP contribution in [-0.4, -0.2) is 25.2 Å². The van der Waals surface area contributed by atoms with Gasteiger partial charge in [0.1, 0.15) is 6.26 Å². The van der Waals surface area contributed by atoms with E-state index in [4.69, 9.17) is 16.0 Å². The number of oxazole rings is 1. The van der Waals surface area contributed by atoms with Crippen LogP contribution in [0.4, 0.5) is 0 Å². The third-order valence-corrected chi connectivity index (χ3v) is 5.34. The summed E-state index contributed by atoms with van der Waals surface area (Å²) in [4.78, 5) is 4.53. The van der Waals surface area contributed by atoms with Crippen LogP contribution in [0.15, 0.2) is 40.1 Å². The van der Waals surface area contributed by atoms with Gasteiger partial charge in [-0.05, 0) is 47.5 Å². The summed E-state index contributed by atoms with van der Waals surface area (Å²) in [5.74, 6) is 1.27. The third kappa shape index (κ3) is 3.32. The predicted octanol–water partition coefficient (Wildman–Crippen LogP) is 4.39. The van der Waals surface area contributed by atoms with Gasteiger partial charge in [-0.1, -0.05) is 36.2 Å². The van der Waals surface area contributed by atoms with Gasteiger partial charge in [-0.25, -0.2) is 9.67 Å². The summed E-state index contributed by atoms with van der Waals surface area (Å²) in [7, 11) is 0. The Labute approximate surface area is 148 Å². The van der Waals surface area contributed by atoms with Crippen LogP contribution in [0.2, 0.25) is 5.02 Å². The first-order chi connectivity index (χ1) is 11.8. The molecule has 1 aromatic carbocycles. The molecule has 2 heterocycles. The first-order valence-electron chi connectivity index (χ1n) is 7.90. The van der Waals surface area contributed by atoms with Gasteiger partial charge < -0.3 is 4.42 Å². The Balaban J connectivity index is 1.44. The van der Waals surface area contributed by atoms with Crippen LogP contribution in [0.3, 0.4) is 0 Å². The Hall–Kier alpha value is -1.86. The topological polar surface area (TPSA) is 69.6 Å². The van der Waals surface area contributed by atoms with Crippen LogP contribution in [0, 0.1) is 0 Å². The maximum atomic E-state index is 5.90. The van der Waals surface area contributed by atoms with Crippen LogP contribution in [0.1, 0.15) is 37.4 Å². The maximum absolute atomic E-state index is 5.90. The average Bonchev–Trinajstić information content (AvgIpc) is 3.34. The van der Waals surface area contributed by atoms with E-state index in [-0.39, 0.29) is 0 Å². The predicted molar refractivity (Wildman–Crippen MR) is 91.8 cm³/mol. The molecule has 0 bridgehead atoms. The molecule has 124 valence electrons. The van der Waals surface area contributed by atoms with Crippen molar-refractivity contribution in [2.75, 3.05) is 0 Å². The Morgan fingerprint density at radius 3 is 2.79 bits per heavy atom. The first-order valence-corrected chi connectivity index (χ1v) is 9.27. The molecule has 0 spiro atoms. The number of rotatable bonds is 5. The second kappa shape index (κ2) is 6.94. The van der Waals surface area contributed by atoms with Crippen molar-refractivity contribution in [3.8, 4) is 11.5 Å². The Bertz CT molecular complexity index is 810. The minimum absolute atomic E-state index is 0.435. The summed E-state index contributed by atoms with van der Waals surface area (Å²) < 4.78 is 7.52. The minimum atomic E-state index is 0.435. The zero-order valence-corrected chi connectivity index (χ0v) is 14.5. The van der Waals surface area contributed by atoms with Crippen molar-refractivity contribution < 1.29 is 4.42 Å². The molecule has 4 rings (SSSR count). The smallest absolute Gasteiger partial charge is 0.226 e. The number of nitrogens with zero attached hydrogens (tertiary/aromatic N) is 5. The molecule has 3 aromatic rings. The van der Waals surface area contributed by atoms with Crippen molar-refractivity contribution in [2.45, 2.75) is 42.6 Å². The lowest BCUT2D eigenvalue weighted by Crippen LogP contribution is -2.08. The zero-order valence-electron chi connectivity index (χ0n) is 12.9. The summed E-state index contributed by atoms with van der Waals surface area (Å²) in [5, 5.41) is 13.7. The molecule has 0 radical (unpaired) electrons. The molecule has 1 fully saturated rings. The average molecular weight is 362 g/mol. The van der Waals surface area contributed by atoms with E-state index >= 15 is 0 Å². The van der Waals surface area contributed by atoms with Gasteiger partial charge in [0, 0.05) is 16.3 Å². The highest BCUT2D eigenvalue weighted by Crippen LogP contribution is 2.32. The molecule has 1 aliphatic rings. The Morgan fingerprint density at radius 2 is 2.00 bits per heavy atom. The summed E-state index contributed by atoms with van der Waals surface area (Å²) in [6.45, 7) is 0. The highest BCUT2D eigenvalue weighted by atomic mass is 35.5. The number of hydrogen-bond acceptors (Lipinski definition) is 6. The second-order valence-corrected chi connectivity index (χ2v) is 7.16. The van der Waals surface area contributed by atoms with Crippen LogP contribution < -0.4 is 0 Å². The van der Waals surface area contributed by atoms with Crippen molar-refractivity contribution in [1.82, 2.24) is 25.2 Å². The molecule has 1 aliphatic carbocycles. The van der Waals surface area contributed by atoms with Crippen LogP contribution in [-0.2, 0) is 5.75 Å². The normalized spacial score (nSPS) is 15.2. The number of aromatic nitrogens is 5. The SMILES string of the molecule is Clc1ccc(-c2nc(CSc3nnnn3C3CCCC3)co2)cc1. The molecule has 6 nitrogen and oxygen atoms in total. The summed E-state index contributed by atoms with van der Waals surface area (Å²) in [5.41, 5.74) is 1.78. The largest absolute Gasteiger partial charge is 0.444 e. The molecule has 1 saturated carbocycles. The molecule has 0 unspecified atom stereocenters. The molecule has 2 aromatic heterocycles. The van der Waals surface area contributed by atoms with E-state index in [2.05, 4.69) is 20.5 Å². The molecule has 0 amide bonds. The van der Waals surface area contributed by atoms with E-state index in [9.17, 15) is 0 Å². The summed E-state index contributed by atoms with van der Waals surface area (Å²) >= 11 is 7.49. The van der Waals surface area contributed by atoms with Gasteiger partial charge in [-0.2, -0.15) is 0 Å². The minimum Gasteiger partial charge on any atom is -0.444 e. The molecule has 0 N–H and O–H groups in total. The fraction of sp³-hybridized carbons (Fsp3) is 0.375. The van der Waals surface area contributed by atoms with Crippen molar-refractivity contribution in [3.05, 3.63) is 41.2 Å². The van der Waals surface area contributed by atoms with Crippen molar-refractivity contribution in [2.24, 2.45) is 0 Å². The fourth-order valence-corrected chi connectivity index (χ4v) is 3.84. The van der Waals surface area contributed by atoms with Gasteiger partial charge in [-0.15, -0.1) is 5.10 Å². The van der Waals surface area contributed by atoms with Crippen molar-refractivity contribution in [1.29, 1.82) is 0 Å². The van der Waals surface area contributed by atoms with Crippen molar-refractivity contribution >= 4 is 23.4 Å². The molecule has 8 heteroatoms. The van der Waals surface area contributed by atoms with Gasteiger partial charge in [-0.3, -0.25) is 0 Å². The van der Waals surface area contributed by atoms with E-state index in [1.807, 2.05) is 28.9 Å². The van der Waals surface area contributed by atoms with E-state index in [1.165, 1.54) is 12.8 Å². The van der Waals surface area contributed by atoms with E-state index in [1.54, 1.807) is 18.0 Å². The fourth-order valence-electron chi connectivity index (χ4n) is 2.90. The number of halogens is 1. The van der Waals surface area contributed by atoms with Crippen LogP contribution >= 0.6 is 23.4 Å². The number of hydrogen-bond donors (Lipinski definition) is 0. The maximum Gasteiger partial charge on any atom is 0.226 e. The molecule has 0 atom stereocenters. The number of thioether (sulfide) groups is 1. The van der Waals surface area contributed by atoms with Gasteiger partial charge in [0.05, 0.1) is 11.7 Å². The lowest BCUT2D eigenvalue weighted by molar-refractivity contribution is 0.423.